The standard InChI is InChI=1S/C17H17N3O/c18-10-9-12-5-7-13(8-6-12)20-17(21)15-11-19-16-4-2-1-3-14(15)16/h1-8,11,19H,9-10,18H2,(H,20,21). The van der Waals surface area contributed by atoms with Gasteiger partial charge in [-0.2, -0.15) is 0 Å². The van der Waals surface area contributed by atoms with Crippen LogP contribution >= 0.6 is 0 Å². The zero-order valence-electron chi connectivity index (χ0n) is 11.6. The van der Waals surface area contributed by atoms with Gasteiger partial charge in [0, 0.05) is 22.8 Å². The van der Waals surface area contributed by atoms with E-state index in [-0.39, 0.29) is 5.91 Å². The summed E-state index contributed by atoms with van der Waals surface area (Å²) in [5, 5.41) is 3.84. The van der Waals surface area contributed by atoms with Gasteiger partial charge in [-0.15, -0.1) is 0 Å². The molecule has 1 amide bonds. The number of carbonyl (C=O) groups is 1. The number of aromatic amines is 1. The van der Waals surface area contributed by atoms with Gasteiger partial charge in [0.15, 0.2) is 0 Å². The number of rotatable bonds is 4. The molecule has 0 atom stereocenters. The van der Waals surface area contributed by atoms with Crippen LogP contribution in [0.25, 0.3) is 10.9 Å². The largest absolute Gasteiger partial charge is 0.360 e. The first kappa shape index (κ1) is 13.4. The Kier molecular flexibility index (Phi) is 3.71. The maximum atomic E-state index is 12.3. The summed E-state index contributed by atoms with van der Waals surface area (Å²) >= 11 is 0. The highest BCUT2D eigenvalue weighted by atomic mass is 16.1. The van der Waals surface area contributed by atoms with E-state index in [0.29, 0.717) is 12.1 Å². The summed E-state index contributed by atoms with van der Waals surface area (Å²) in [5.74, 6) is -0.112. The molecule has 0 unspecified atom stereocenters. The molecule has 0 radical (unpaired) electrons. The van der Waals surface area contributed by atoms with Crippen molar-refractivity contribution >= 4 is 22.5 Å². The molecule has 4 heteroatoms. The van der Waals surface area contributed by atoms with Crippen molar-refractivity contribution in [3.8, 4) is 0 Å². The summed E-state index contributed by atoms with van der Waals surface area (Å²) in [6.45, 7) is 0.626. The van der Waals surface area contributed by atoms with E-state index in [0.717, 1.165) is 23.0 Å². The second kappa shape index (κ2) is 5.81. The molecule has 0 fully saturated rings. The first-order valence-electron chi connectivity index (χ1n) is 6.94. The van der Waals surface area contributed by atoms with Crippen molar-refractivity contribution in [3.63, 3.8) is 0 Å². The molecule has 3 aromatic rings. The number of carbonyl (C=O) groups excluding carboxylic acids is 1. The van der Waals surface area contributed by atoms with Crippen molar-refractivity contribution in [3.05, 3.63) is 65.9 Å². The minimum atomic E-state index is -0.112. The first-order chi connectivity index (χ1) is 10.3. The van der Waals surface area contributed by atoms with Crippen LogP contribution in [0.3, 0.4) is 0 Å². The summed E-state index contributed by atoms with van der Waals surface area (Å²) < 4.78 is 0. The number of fused-ring (bicyclic) bond motifs is 1. The second-order valence-corrected chi connectivity index (χ2v) is 4.94. The number of nitrogens with two attached hydrogens (primary N) is 1. The van der Waals surface area contributed by atoms with E-state index in [1.54, 1.807) is 6.20 Å². The van der Waals surface area contributed by atoms with E-state index in [1.165, 1.54) is 5.56 Å². The van der Waals surface area contributed by atoms with Crippen LogP contribution in [-0.2, 0) is 6.42 Å². The van der Waals surface area contributed by atoms with Gasteiger partial charge in [0.25, 0.3) is 5.91 Å². The molecule has 0 aliphatic heterocycles. The van der Waals surface area contributed by atoms with E-state index in [2.05, 4.69) is 10.3 Å². The molecule has 21 heavy (non-hydrogen) atoms. The maximum Gasteiger partial charge on any atom is 0.257 e. The Morgan fingerprint density at radius 3 is 2.62 bits per heavy atom. The minimum Gasteiger partial charge on any atom is -0.360 e. The molecule has 1 heterocycles. The van der Waals surface area contributed by atoms with Gasteiger partial charge in [0.05, 0.1) is 5.56 Å². The third kappa shape index (κ3) is 2.80. The molecule has 2 aromatic carbocycles. The Balaban J connectivity index is 1.79. The van der Waals surface area contributed by atoms with E-state index in [4.69, 9.17) is 5.73 Å². The quantitative estimate of drug-likeness (QED) is 0.687. The van der Waals surface area contributed by atoms with Crippen LogP contribution < -0.4 is 11.1 Å². The average Bonchev–Trinajstić information content (AvgIpc) is 2.93. The van der Waals surface area contributed by atoms with Crippen LogP contribution in [0.15, 0.2) is 54.7 Å². The fraction of sp³-hybridized carbons (Fsp3) is 0.118. The second-order valence-electron chi connectivity index (χ2n) is 4.94. The van der Waals surface area contributed by atoms with Gasteiger partial charge in [-0.05, 0) is 36.7 Å². The highest BCUT2D eigenvalue weighted by molar-refractivity contribution is 6.12. The van der Waals surface area contributed by atoms with Crippen LogP contribution in [0, 0.1) is 0 Å². The number of benzene rings is 2. The van der Waals surface area contributed by atoms with Crippen LogP contribution in [0.2, 0.25) is 0 Å². The van der Waals surface area contributed by atoms with E-state index < -0.39 is 0 Å². The number of hydrogen-bond donors (Lipinski definition) is 3. The lowest BCUT2D eigenvalue weighted by molar-refractivity contribution is 0.102. The lowest BCUT2D eigenvalue weighted by Crippen LogP contribution is -2.11. The van der Waals surface area contributed by atoms with Gasteiger partial charge in [-0.25, -0.2) is 0 Å². The molecule has 4 N–H and O–H groups in total. The highest BCUT2D eigenvalue weighted by Gasteiger charge is 2.11. The molecule has 0 saturated carbocycles. The predicted molar refractivity (Wildman–Crippen MR) is 85.5 cm³/mol. The fourth-order valence-electron chi connectivity index (χ4n) is 2.38. The number of nitrogens with one attached hydrogen (secondary N) is 2. The van der Waals surface area contributed by atoms with Crippen LogP contribution in [0.1, 0.15) is 15.9 Å². The van der Waals surface area contributed by atoms with Gasteiger partial charge >= 0.3 is 0 Å². The summed E-state index contributed by atoms with van der Waals surface area (Å²) in [5.41, 5.74) is 9.08. The lowest BCUT2D eigenvalue weighted by atomic mass is 10.1. The van der Waals surface area contributed by atoms with Crippen molar-refractivity contribution in [1.82, 2.24) is 4.98 Å². The molecular formula is C17H17N3O. The Morgan fingerprint density at radius 2 is 1.86 bits per heavy atom. The zero-order valence-corrected chi connectivity index (χ0v) is 11.6. The fourth-order valence-corrected chi connectivity index (χ4v) is 2.38. The van der Waals surface area contributed by atoms with Gasteiger partial charge in [0.1, 0.15) is 0 Å². The van der Waals surface area contributed by atoms with Gasteiger partial charge in [0.2, 0.25) is 0 Å². The third-order valence-electron chi connectivity index (χ3n) is 3.48. The molecular weight excluding hydrogens is 262 g/mol. The molecule has 3 rings (SSSR count). The molecule has 0 aliphatic rings. The summed E-state index contributed by atoms with van der Waals surface area (Å²) in [4.78, 5) is 15.5. The maximum absolute atomic E-state index is 12.3. The smallest absolute Gasteiger partial charge is 0.257 e. The van der Waals surface area contributed by atoms with Gasteiger partial charge < -0.3 is 16.0 Å². The number of anilines is 1. The van der Waals surface area contributed by atoms with Crippen LogP contribution in [0.5, 0.6) is 0 Å². The third-order valence-corrected chi connectivity index (χ3v) is 3.48. The van der Waals surface area contributed by atoms with Crippen molar-refractivity contribution in [2.75, 3.05) is 11.9 Å². The van der Waals surface area contributed by atoms with Gasteiger partial charge in [-0.1, -0.05) is 30.3 Å². The summed E-state index contributed by atoms with van der Waals surface area (Å²) in [6.07, 6.45) is 2.58. The first-order valence-corrected chi connectivity index (χ1v) is 6.94. The Morgan fingerprint density at radius 1 is 1.10 bits per heavy atom. The molecule has 0 saturated heterocycles. The topological polar surface area (TPSA) is 70.9 Å². The lowest BCUT2D eigenvalue weighted by Gasteiger charge is -2.05. The Labute approximate surface area is 123 Å². The van der Waals surface area contributed by atoms with Crippen LogP contribution in [0.4, 0.5) is 5.69 Å². The minimum absolute atomic E-state index is 0.112. The van der Waals surface area contributed by atoms with Gasteiger partial charge in [-0.3, -0.25) is 4.79 Å². The number of amides is 1. The molecule has 1 aromatic heterocycles. The number of H-pyrrole nitrogens is 1. The predicted octanol–water partition coefficient (Wildman–Crippen LogP) is 2.92. The number of aromatic nitrogens is 1. The highest BCUT2D eigenvalue weighted by Crippen LogP contribution is 2.19. The normalized spacial score (nSPS) is 10.7. The molecule has 0 spiro atoms. The monoisotopic (exact) mass is 279 g/mol. The Hall–Kier alpha value is -2.59. The van der Waals surface area contributed by atoms with Crippen molar-refractivity contribution in [2.24, 2.45) is 5.73 Å². The SMILES string of the molecule is NCCc1ccc(NC(=O)c2c[nH]c3ccccc23)cc1. The molecule has 106 valence electrons. The van der Waals surface area contributed by atoms with E-state index in [9.17, 15) is 4.79 Å². The number of para-hydroxylation sites is 1. The van der Waals surface area contributed by atoms with Crippen molar-refractivity contribution in [2.45, 2.75) is 6.42 Å². The Bertz CT molecular complexity index is 759. The average molecular weight is 279 g/mol. The summed E-state index contributed by atoms with van der Waals surface area (Å²) in [6, 6.07) is 15.5. The van der Waals surface area contributed by atoms with Crippen LogP contribution in [-0.4, -0.2) is 17.4 Å². The molecule has 0 bridgehead atoms. The van der Waals surface area contributed by atoms with E-state index in [1.807, 2.05) is 48.5 Å². The molecule has 4 nitrogen and oxygen atoms in total. The van der Waals surface area contributed by atoms with E-state index >= 15 is 0 Å². The van der Waals surface area contributed by atoms with Crippen molar-refractivity contribution < 1.29 is 4.79 Å². The number of hydrogen-bond acceptors (Lipinski definition) is 2. The zero-order chi connectivity index (χ0) is 14.7. The summed E-state index contributed by atoms with van der Waals surface area (Å²) in [7, 11) is 0. The van der Waals surface area contributed by atoms with Crippen molar-refractivity contribution in [1.29, 1.82) is 0 Å². The molecule has 0 aliphatic carbocycles.